The first-order valence-corrected chi connectivity index (χ1v) is 8.27. The van der Waals surface area contributed by atoms with E-state index in [4.69, 9.17) is 0 Å². The van der Waals surface area contributed by atoms with Crippen molar-refractivity contribution in [1.29, 1.82) is 0 Å². The van der Waals surface area contributed by atoms with Crippen LogP contribution in [0.1, 0.15) is 29.5 Å². The Hall–Kier alpha value is -2.28. The van der Waals surface area contributed by atoms with E-state index in [1.807, 2.05) is 0 Å². The Morgan fingerprint density at radius 2 is 1.59 bits per heavy atom. The number of nitrogens with one attached hydrogen (secondary N) is 1. The number of hydrogen-bond acceptors (Lipinski definition) is 0. The fourth-order valence-electron chi connectivity index (χ4n) is 4.26. The van der Waals surface area contributed by atoms with Crippen molar-refractivity contribution in [2.75, 3.05) is 0 Å². The summed E-state index contributed by atoms with van der Waals surface area (Å²) in [5.41, 5.74) is 7.13. The van der Waals surface area contributed by atoms with Crippen molar-refractivity contribution in [2.45, 2.75) is 32.6 Å². The molecule has 0 unspecified atom stereocenters. The molecule has 108 valence electrons. The van der Waals surface area contributed by atoms with Crippen LogP contribution in [0.25, 0.3) is 32.6 Å². The van der Waals surface area contributed by atoms with Gasteiger partial charge in [-0.05, 0) is 61.3 Å². The molecule has 1 N–H and O–H groups in total. The molecule has 1 aliphatic rings. The molecular formula is C21H19N. The van der Waals surface area contributed by atoms with Crippen LogP contribution in [0.4, 0.5) is 0 Å². The van der Waals surface area contributed by atoms with Crippen molar-refractivity contribution < 1.29 is 0 Å². The highest BCUT2D eigenvalue weighted by molar-refractivity contribution is 6.19. The zero-order chi connectivity index (χ0) is 14.7. The molecule has 1 aromatic heterocycles. The standard InChI is InChI=1S/C21H19N/c1-13-10-11-19-18(12-13)20-16-8-4-2-6-14(16)15-7-3-5-9-17(15)21(20)22-19/h3,5,7,9-12,22H,2,4,6,8H2,1H3. The van der Waals surface area contributed by atoms with E-state index >= 15 is 0 Å². The molecular weight excluding hydrogens is 266 g/mol. The highest BCUT2D eigenvalue weighted by atomic mass is 14.7. The first-order valence-electron chi connectivity index (χ1n) is 8.27. The van der Waals surface area contributed by atoms with Gasteiger partial charge in [-0.3, -0.25) is 0 Å². The Bertz CT molecular complexity index is 1040. The molecule has 1 nitrogen and oxygen atoms in total. The molecule has 4 aromatic rings. The van der Waals surface area contributed by atoms with E-state index in [0.717, 1.165) is 0 Å². The second-order valence-electron chi connectivity index (χ2n) is 6.63. The van der Waals surface area contributed by atoms with Gasteiger partial charge in [0.25, 0.3) is 0 Å². The molecule has 3 aromatic carbocycles. The fourth-order valence-corrected chi connectivity index (χ4v) is 4.26. The lowest BCUT2D eigenvalue weighted by atomic mass is 9.84. The smallest absolute Gasteiger partial charge is 0.0547 e. The Morgan fingerprint density at radius 3 is 2.45 bits per heavy atom. The third-order valence-corrected chi connectivity index (χ3v) is 5.25. The predicted octanol–water partition coefficient (Wildman–Crippen LogP) is 5.66. The van der Waals surface area contributed by atoms with Gasteiger partial charge in [0.1, 0.15) is 0 Å². The summed E-state index contributed by atoms with van der Waals surface area (Å²) in [6.45, 7) is 2.19. The number of aromatic nitrogens is 1. The summed E-state index contributed by atoms with van der Waals surface area (Å²) in [7, 11) is 0. The molecule has 0 fully saturated rings. The van der Waals surface area contributed by atoms with Crippen LogP contribution in [0.3, 0.4) is 0 Å². The normalized spacial score (nSPS) is 14.8. The van der Waals surface area contributed by atoms with Gasteiger partial charge in [-0.15, -0.1) is 0 Å². The van der Waals surface area contributed by atoms with E-state index in [1.165, 1.54) is 63.8 Å². The van der Waals surface area contributed by atoms with Crippen LogP contribution in [0, 0.1) is 6.92 Å². The molecule has 0 saturated carbocycles. The molecule has 0 aliphatic heterocycles. The van der Waals surface area contributed by atoms with Crippen LogP contribution < -0.4 is 0 Å². The molecule has 22 heavy (non-hydrogen) atoms. The zero-order valence-electron chi connectivity index (χ0n) is 12.9. The third-order valence-electron chi connectivity index (χ3n) is 5.25. The molecule has 0 amide bonds. The van der Waals surface area contributed by atoms with Gasteiger partial charge >= 0.3 is 0 Å². The lowest BCUT2D eigenvalue weighted by Crippen LogP contribution is -2.04. The van der Waals surface area contributed by atoms with Gasteiger partial charge in [0.15, 0.2) is 0 Å². The van der Waals surface area contributed by atoms with Crippen molar-refractivity contribution in [2.24, 2.45) is 0 Å². The molecule has 1 heteroatoms. The molecule has 0 radical (unpaired) electrons. The fraction of sp³-hybridized carbons (Fsp3) is 0.238. The maximum atomic E-state index is 3.70. The summed E-state index contributed by atoms with van der Waals surface area (Å²) >= 11 is 0. The van der Waals surface area contributed by atoms with Gasteiger partial charge < -0.3 is 4.98 Å². The summed E-state index contributed by atoms with van der Waals surface area (Å²) in [5, 5.41) is 5.71. The first kappa shape index (κ1) is 12.3. The van der Waals surface area contributed by atoms with Crippen LogP contribution in [-0.4, -0.2) is 4.98 Å². The molecule has 1 heterocycles. The van der Waals surface area contributed by atoms with Crippen LogP contribution in [0.5, 0.6) is 0 Å². The SMILES string of the molecule is Cc1ccc2[nH]c3c4ccccc4c4c(c3c2c1)CCCC4. The topological polar surface area (TPSA) is 15.8 Å². The summed E-state index contributed by atoms with van der Waals surface area (Å²) in [4.78, 5) is 3.70. The Morgan fingerprint density at radius 1 is 0.818 bits per heavy atom. The van der Waals surface area contributed by atoms with Crippen molar-refractivity contribution in [3.63, 3.8) is 0 Å². The predicted molar refractivity (Wildman–Crippen MR) is 94.7 cm³/mol. The van der Waals surface area contributed by atoms with Gasteiger partial charge in [-0.25, -0.2) is 0 Å². The molecule has 0 bridgehead atoms. The van der Waals surface area contributed by atoms with Crippen LogP contribution in [0.15, 0.2) is 42.5 Å². The van der Waals surface area contributed by atoms with Gasteiger partial charge in [-0.1, -0.05) is 35.9 Å². The average molecular weight is 285 g/mol. The number of hydrogen-bond donors (Lipinski definition) is 1. The maximum absolute atomic E-state index is 3.70. The Labute approximate surface area is 130 Å². The van der Waals surface area contributed by atoms with Gasteiger partial charge in [0, 0.05) is 21.7 Å². The number of rotatable bonds is 0. The van der Waals surface area contributed by atoms with Crippen molar-refractivity contribution in [3.8, 4) is 0 Å². The van der Waals surface area contributed by atoms with Crippen LogP contribution in [-0.2, 0) is 12.8 Å². The minimum Gasteiger partial charge on any atom is -0.354 e. The van der Waals surface area contributed by atoms with E-state index < -0.39 is 0 Å². The molecule has 1 aliphatic carbocycles. The van der Waals surface area contributed by atoms with E-state index in [1.54, 1.807) is 11.1 Å². The lowest BCUT2D eigenvalue weighted by molar-refractivity contribution is 0.694. The van der Waals surface area contributed by atoms with Gasteiger partial charge in [-0.2, -0.15) is 0 Å². The summed E-state index contributed by atoms with van der Waals surface area (Å²) < 4.78 is 0. The Kier molecular flexibility index (Phi) is 2.43. The summed E-state index contributed by atoms with van der Waals surface area (Å²) in [5.74, 6) is 0. The quantitative estimate of drug-likeness (QED) is 0.429. The Balaban J connectivity index is 2.10. The molecule has 0 saturated heterocycles. The summed E-state index contributed by atoms with van der Waals surface area (Å²) in [6, 6.07) is 15.7. The molecule has 0 spiro atoms. The van der Waals surface area contributed by atoms with Crippen LogP contribution in [0.2, 0.25) is 0 Å². The molecule has 5 rings (SSSR count). The van der Waals surface area contributed by atoms with E-state index in [0.29, 0.717) is 0 Å². The van der Waals surface area contributed by atoms with Gasteiger partial charge in [0.2, 0.25) is 0 Å². The monoisotopic (exact) mass is 285 g/mol. The zero-order valence-corrected chi connectivity index (χ0v) is 12.9. The number of aromatic amines is 1. The average Bonchev–Trinajstić information content (AvgIpc) is 2.94. The second-order valence-corrected chi connectivity index (χ2v) is 6.63. The third kappa shape index (κ3) is 1.54. The highest BCUT2D eigenvalue weighted by Crippen LogP contribution is 2.40. The number of fused-ring (bicyclic) bond motifs is 8. The largest absolute Gasteiger partial charge is 0.354 e. The van der Waals surface area contributed by atoms with Crippen molar-refractivity contribution >= 4 is 32.6 Å². The number of H-pyrrole nitrogens is 1. The second kappa shape index (κ2) is 4.36. The van der Waals surface area contributed by atoms with Crippen molar-refractivity contribution in [1.82, 2.24) is 4.98 Å². The maximum Gasteiger partial charge on any atom is 0.0547 e. The van der Waals surface area contributed by atoms with E-state index in [-0.39, 0.29) is 0 Å². The van der Waals surface area contributed by atoms with E-state index in [2.05, 4.69) is 54.4 Å². The lowest BCUT2D eigenvalue weighted by Gasteiger charge is -2.20. The minimum atomic E-state index is 1.22. The number of aryl methyl sites for hydroxylation is 3. The van der Waals surface area contributed by atoms with Gasteiger partial charge in [0.05, 0.1) is 5.52 Å². The number of benzene rings is 3. The van der Waals surface area contributed by atoms with Crippen LogP contribution >= 0.6 is 0 Å². The minimum absolute atomic E-state index is 1.22. The van der Waals surface area contributed by atoms with E-state index in [9.17, 15) is 0 Å². The summed E-state index contributed by atoms with van der Waals surface area (Å²) in [6.07, 6.45) is 5.09. The van der Waals surface area contributed by atoms with Crippen molar-refractivity contribution in [3.05, 3.63) is 59.2 Å². The highest BCUT2D eigenvalue weighted by Gasteiger charge is 2.20. The molecule has 0 atom stereocenters. The first-order chi connectivity index (χ1) is 10.8.